The van der Waals surface area contributed by atoms with Gasteiger partial charge in [0.25, 0.3) is 0 Å². The Kier molecular flexibility index (Phi) is 6.63. The third-order valence-electron chi connectivity index (χ3n) is 3.81. The van der Waals surface area contributed by atoms with Gasteiger partial charge in [-0.15, -0.1) is 0 Å². The maximum atomic E-state index is 11.6. The highest BCUT2D eigenvalue weighted by atomic mass is 32.2. The molecule has 1 aromatic rings. The van der Waals surface area contributed by atoms with E-state index in [1.807, 2.05) is 11.8 Å². The molecule has 0 radical (unpaired) electrons. The molecule has 1 atom stereocenters. The van der Waals surface area contributed by atoms with Gasteiger partial charge in [0.05, 0.1) is 18.1 Å². The molecule has 0 bridgehead atoms. The fourth-order valence-electron chi connectivity index (χ4n) is 2.87. The Labute approximate surface area is 138 Å². The topological polar surface area (TPSA) is 43.4 Å². The second-order valence-corrected chi connectivity index (χ2v) is 9.60. The summed E-state index contributed by atoms with van der Waals surface area (Å²) in [5.74, 6) is 4.06. The first kappa shape index (κ1) is 17.7. The molecule has 1 heterocycles. The Morgan fingerprint density at radius 2 is 1.95 bits per heavy atom. The molecular formula is C17H26O3S2. The van der Waals surface area contributed by atoms with Crippen molar-refractivity contribution in [3.8, 4) is 5.75 Å². The molecule has 124 valence electrons. The van der Waals surface area contributed by atoms with Crippen LogP contribution in [0.1, 0.15) is 30.4 Å². The largest absolute Gasteiger partial charge is 0.494 e. The molecule has 1 aromatic carbocycles. The predicted octanol–water partition coefficient (Wildman–Crippen LogP) is 3.63. The molecule has 0 N–H and O–H groups in total. The summed E-state index contributed by atoms with van der Waals surface area (Å²) in [5.41, 5.74) is 2.45. The van der Waals surface area contributed by atoms with E-state index in [4.69, 9.17) is 4.74 Å². The van der Waals surface area contributed by atoms with Gasteiger partial charge in [-0.25, -0.2) is 8.42 Å². The van der Waals surface area contributed by atoms with Crippen LogP contribution in [0, 0.1) is 19.8 Å². The quantitative estimate of drug-likeness (QED) is 0.710. The Balaban J connectivity index is 1.59. The van der Waals surface area contributed by atoms with Crippen LogP contribution in [0.3, 0.4) is 0 Å². The zero-order valence-corrected chi connectivity index (χ0v) is 15.1. The minimum Gasteiger partial charge on any atom is -0.494 e. The lowest BCUT2D eigenvalue weighted by atomic mass is 10.1. The SMILES string of the molecule is Cc1cc(C)cc(OCCCSCC2CCCS(=O)(=O)C2)c1. The molecule has 0 spiro atoms. The number of sulfone groups is 1. The molecular weight excluding hydrogens is 316 g/mol. The number of rotatable bonds is 7. The van der Waals surface area contributed by atoms with Crippen LogP contribution in [-0.2, 0) is 9.84 Å². The molecule has 2 rings (SSSR count). The third kappa shape index (κ3) is 6.21. The second-order valence-electron chi connectivity index (χ2n) is 6.22. The summed E-state index contributed by atoms with van der Waals surface area (Å²) in [6.07, 6.45) is 2.89. The van der Waals surface area contributed by atoms with Crippen molar-refractivity contribution in [2.45, 2.75) is 33.1 Å². The molecule has 3 nitrogen and oxygen atoms in total. The lowest BCUT2D eigenvalue weighted by Crippen LogP contribution is -2.26. The number of hydrogen-bond acceptors (Lipinski definition) is 4. The molecule has 1 aliphatic rings. The van der Waals surface area contributed by atoms with E-state index >= 15 is 0 Å². The summed E-state index contributed by atoms with van der Waals surface area (Å²) in [6, 6.07) is 6.26. The number of thioether (sulfide) groups is 1. The number of ether oxygens (including phenoxy) is 1. The van der Waals surface area contributed by atoms with Crippen molar-refractivity contribution in [2.75, 3.05) is 29.6 Å². The average molecular weight is 343 g/mol. The maximum Gasteiger partial charge on any atom is 0.150 e. The summed E-state index contributed by atoms with van der Waals surface area (Å²) in [6.45, 7) is 4.88. The van der Waals surface area contributed by atoms with E-state index in [2.05, 4.69) is 32.0 Å². The lowest BCUT2D eigenvalue weighted by molar-refractivity contribution is 0.318. The average Bonchev–Trinajstić information content (AvgIpc) is 2.40. The fraction of sp³-hybridized carbons (Fsp3) is 0.647. The monoisotopic (exact) mass is 342 g/mol. The Morgan fingerprint density at radius 3 is 2.64 bits per heavy atom. The first-order valence-electron chi connectivity index (χ1n) is 7.94. The van der Waals surface area contributed by atoms with Gasteiger partial charge in [0.15, 0.2) is 9.84 Å². The summed E-state index contributed by atoms with van der Waals surface area (Å²) in [4.78, 5) is 0. The van der Waals surface area contributed by atoms with E-state index in [1.54, 1.807) is 0 Å². The number of hydrogen-bond donors (Lipinski definition) is 0. The molecule has 1 saturated heterocycles. The van der Waals surface area contributed by atoms with Gasteiger partial charge in [0, 0.05) is 0 Å². The Bertz CT molecular complexity index is 561. The highest BCUT2D eigenvalue weighted by Gasteiger charge is 2.24. The molecule has 0 amide bonds. The van der Waals surface area contributed by atoms with Gasteiger partial charge in [-0.05, 0) is 73.8 Å². The molecule has 0 aliphatic carbocycles. The molecule has 1 fully saturated rings. The van der Waals surface area contributed by atoms with Crippen LogP contribution >= 0.6 is 11.8 Å². The van der Waals surface area contributed by atoms with E-state index in [0.717, 1.165) is 43.1 Å². The first-order valence-corrected chi connectivity index (χ1v) is 10.9. The Morgan fingerprint density at radius 1 is 1.23 bits per heavy atom. The summed E-state index contributed by atoms with van der Waals surface area (Å²) >= 11 is 1.86. The van der Waals surface area contributed by atoms with E-state index in [0.29, 0.717) is 17.4 Å². The van der Waals surface area contributed by atoms with Crippen LogP contribution in [0.2, 0.25) is 0 Å². The van der Waals surface area contributed by atoms with E-state index in [-0.39, 0.29) is 0 Å². The minimum atomic E-state index is -2.76. The van der Waals surface area contributed by atoms with E-state index < -0.39 is 9.84 Å². The zero-order valence-electron chi connectivity index (χ0n) is 13.5. The summed E-state index contributed by atoms with van der Waals surface area (Å²) in [5, 5.41) is 0. The van der Waals surface area contributed by atoms with Crippen molar-refractivity contribution in [1.82, 2.24) is 0 Å². The number of benzene rings is 1. The van der Waals surface area contributed by atoms with Crippen molar-refractivity contribution in [2.24, 2.45) is 5.92 Å². The Hall–Kier alpha value is -0.680. The molecule has 1 unspecified atom stereocenters. The standard InChI is InChI=1S/C17H26O3S2/c1-14-9-15(2)11-17(10-14)20-6-4-7-21-12-16-5-3-8-22(18,19)13-16/h9-11,16H,3-8,12-13H2,1-2H3. The van der Waals surface area contributed by atoms with Crippen LogP contribution in [0.15, 0.2) is 18.2 Å². The van der Waals surface area contributed by atoms with E-state index in [1.165, 1.54) is 11.1 Å². The molecule has 0 saturated carbocycles. The van der Waals surface area contributed by atoms with Crippen molar-refractivity contribution in [3.05, 3.63) is 29.3 Å². The first-order chi connectivity index (χ1) is 10.4. The maximum absolute atomic E-state index is 11.6. The van der Waals surface area contributed by atoms with Gasteiger partial charge in [-0.2, -0.15) is 11.8 Å². The molecule has 0 aromatic heterocycles. The highest BCUT2D eigenvalue weighted by Crippen LogP contribution is 2.22. The van der Waals surface area contributed by atoms with Gasteiger partial charge in [-0.3, -0.25) is 0 Å². The van der Waals surface area contributed by atoms with Gasteiger partial charge in [0.2, 0.25) is 0 Å². The smallest absolute Gasteiger partial charge is 0.150 e. The predicted molar refractivity (Wildman–Crippen MR) is 94.7 cm³/mol. The highest BCUT2D eigenvalue weighted by molar-refractivity contribution is 7.99. The van der Waals surface area contributed by atoms with Gasteiger partial charge >= 0.3 is 0 Å². The lowest BCUT2D eigenvalue weighted by Gasteiger charge is -2.21. The normalized spacial score (nSPS) is 20.7. The molecule has 1 aliphatic heterocycles. The van der Waals surface area contributed by atoms with E-state index in [9.17, 15) is 8.42 Å². The van der Waals surface area contributed by atoms with Gasteiger partial charge in [-0.1, -0.05) is 6.07 Å². The fourth-order valence-corrected chi connectivity index (χ4v) is 5.90. The van der Waals surface area contributed by atoms with Crippen LogP contribution in [0.4, 0.5) is 0 Å². The second kappa shape index (κ2) is 8.25. The van der Waals surface area contributed by atoms with Crippen molar-refractivity contribution >= 4 is 21.6 Å². The van der Waals surface area contributed by atoms with Crippen LogP contribution in [0.5, 0.6) is 5.75 Å². The third-order valence-corrected chi connectivity index (χ3v) is 6.98. The number of aryl methyl sites for hydroxylation is 2. The zero-order chi connectivity index (χ0) is 16.0. The minimum absolute atomic E-state index is 0.351. The molecule has 5 heteroatoms. The van der Waals surface area contributed by atoms with Gasteiger partial charge in [0.1, 0.15) is 5.75 Å². The van der Waals surface area contributed by atoms with Crippen LogP contribution < -0.4 is 4.74 Å². The van der Waals surface area contributed by atoms with Crippen molar-refractivity contribution < 1.29 is 13.2 Å². The van der Waals surface area contributed by atoms with Crippen LogP contribution in [0.25, 0.3) is 0 Å². The van der Waals surface area contributed by atoms with Crippen molar-refractivity contribution in [1.29, 1.82) is 0 Å². The molecule has 22 heavy (non-hydrogen) atoms. The summed E-state index contributed by atoms with van der Waals surface area (Å²) in [7, 11) is -2.76. The van der Waals surface area contributed by atoms with Gasteiger partial charge < -0.3 is 4.74 Å². The van der Waals surface area contributed by atoms with Crippen LogP contribution in [-0.4, -0.2) is 38.0 Å². The summed E-state index contributed by atoms with van der Waals surface area (Å²) < 4.78 is 28.9. The van der Waals surface area contributed by atoms with Crippen molar-refractivity contribution in [3.63, 3.8) is 0 Å².